The molecule has 1 atom stereocenters. The zero-order chi connectivity index (χ0) is 15.2. The molecule has 1 aromatic rings. The molecule has 0 aliphatic carbocycles. The van der Waals surface area contributed by atoms with Gasteiger partial charge in [0.05, 0.1) is 0 Å². The molecule has 2 rings (SSSR count). The minimum Gasteiger partial charge on any atom is -0.443 e. The smallest absolute Gasteiger partial charge is 0.437 e. The number of hydrogen-bond donors (Lipinski definition) is 1. The normalized spacial score (nSPS) is 19.1. The third kappa shape index (κ3) is 4.21. The molecule has 2 N–H and O–H groups in total. The zero-order valence-corrected chi connectivity index (χ0v) is 12.7. The fraction of sp³-hybridized carbons (Fsp3) is 0.500. The van der Waals surface area contributed by atoms with Crippen LogP contribution in [-0.2, 0) is 11.3 Å². The molecule has 1 heterocycles. The van der Waals surface area contributed by atoms with Crippen LogP contribution in [0.2, 0.25) is 0 Å². The van der Waals surface area contributed by atoms with Gasteiger partial charge in [-0.2, -0.15) is 0 Å². The molecule has 1 aliphatic heterocycles. The SMILES string of the molecule is CC(C)[C@@H]1CCCN1/C(N)=N\C(=O)OCc1ccccc1. The summed E-state index contributed by atoms with van der Waals surface area (Å²) >= 11 is 0. The van der Waals surface area contributed by atoms with Crippen LogP contribution in [-0.4, -0.2) is 29.5 Å². The second-order valence-electron chi connectivity index (χ2n) is 5.66. The standard InChI is InChI=1S/C16H23N3O2/c1-12(2)14-9-6-10-19(14)15(17)18-16(20)21-11-13-7-4-3-5-8-13/h3-5,7-8,12,14H,6,9-11H2,1-2H3,(H2,17,18,20)/t14-/m0/s1. The number of amides is 1. The average Bonchev–Trinajstić information content (AvgIpc) is 2.96. The first-order valence-corrected chi connectivity index (χ1v) is 7.39. The number of nitrogens with zero attached hydrogens (tertiary/aromatic N) is 2. The molecule has 1 fully saturated rings. The minimum absolute atomic E-state index is 0.212. The summed E-state index contributed by atoms with van der Waals surface area (Å²) in [6, 6.07) is 9.87. The van der Waals surface area contributed by atoms with Crippen LogP contribution in [0.4, 0.5) is 4.79 Å². The molecule has 5 nitrogen and oxygen atoms in total. The van der Waals surface area contributed by atoms with Crippen molar-refractivity contribution in [3.05, 3.63) is 35.9 Å². The number of carbonyl (C=O) groups excluding carboxylic acids is 1. The Labute approximate surface area is 125 Å². The van der Waals surface area contributed by atoms with Crippen LogP contribution in [0.5, 0.6) is 0 Å². The average molecular weight is 289 g/mol. The van der Waals surface area contributed by atoms with Gasteiger partial charge in [-0.15, -0.1) is 4.99 Å². The predicted molar refractivity (Wildman–Crippen MR) is 82.8 cm³/mol. The van der Waals surface area contributed by atoms with Crippen molar-refractivity contribution in [2.24, 2.45) is 16.6 Å². The van der Waals surface area contributed by atoms with E-state index in [0.29, 0.717) is 12.0 Å². The first-order chi connectivity index (χ1) is 10.1. The molecule has 0 unspecified atom stereocenters. The maximum Gasteiger partial charge on any atom is 0.437 e. The number of benzene rings is 1. The van der Waals surface area contributed by atoms with Gasteiger partial charge in [-0.1, -0.05) is 44.2 Å². The zero-order valence-electron chi connectivity index (χ0n) is 12.7. The van der Waals surface area contributed by atoms with Crippen LogP contribution < -0.4 is 5.73 Å². The van der Waals surface area contributed by atoms with Gasteiger partial charge < -0.3 is 15.4 Å². The van der Waals surface area contributed by atoms with Gasteiger partial charge >= 0.3 is 6.09 Å². The highest BCUT2D eigenvalue weighted by molar-refractivity contribution is 5.89. The van der Waals surface area contributed by atoms with Crippen molar-refractivity contribution in [3.63, 3.8) is 0 Å². The lowest BCUT2D eigenvalue weighted by Gasteiger charge is -2.28. The van der Waals surface area contributed by atoms with Crippen molar-refractivity contribution in [2.45, 2.75) is 39.3 Å². The minimum atomic E-state index is -0.634. The van der Waals surface area contributed by atoms with Crippen molar-refractivity contribution in [1.82, 2.24) is 4.90 Å². The first-order valence-electron chi connectivity index (χ1n) is 7.39. The summed E-state index contributed by atoms with van der Waals surface area (Å²) in [6.07, 6.45) is 1.54. The Morgan fingerprint density at radius 2 is 2.14 bits per heavy atom. The van der Waals surface area contributed by atoms with Crippen LogP contribution in [0, 0.1) is 5.92 Å². The number of ether oxygens (including phenoxy) is 1. The molecular weight excluding hydrogens is 266 g/mol. The van der Waals surface area contributed by atoms with Crippen molar-refractivity contribution >= 4 is 12.1 Å². The van der Waals surface area contributed by atoms with E-state index in [1.165, 1.54) is 0 Å². The molecule has 0 bridgehead atoms. The molecule has 1 amide bonds. The molecule has 5 heteroatoms. The quantitative estimate of drug-likeness (QED) is 0.686. The van der Waals surface area contributed by atoms with E-state index >= 15 is 0 Å². The van der Waals surface area contributed by atoms with Crippen molar-refractivity contribution in [3.8, 4) is 0 Å². The van der Waals surface area contributed by atoms with Gasteiger partial charge in [0.2, 0.25) is 5.96 Å². The van der Waals surface area contributed by atoms with Crippen LogP contribution in [0.15, 0.2) is 35.3 Å². The number of aliphatic imine (C=N–C) groups is 1. The number of likely N-dealkylation sites (tertiary alicyclic amines) is 1. The maximum atomic E-state index is 11.7. The second kappa shape index (κ2) is 7.11. The van der Waals surface area contributed by atoms with Gasteiger partial charge in [0.1, 0.15) is 6.61 Å². The van der Waals surface area contributed by atoms with Crippen LogP contribution >= 0.6 is 0 Å². The summed E-state index contributed by atoms with van der Waals surface area (Å²) < 4.78 is 5.12. The fourth-order valence-electron chi connectivity index (χ4n) is 2.68. The van der Waals surface area contributed by atoms with E-state index in [4.69, 9.17) is 10.5 Å². The van der Waals surface area contributed by atoms with Crippen molar-refractivity contribution < 1.29 is 9.53 Å². The van der Waals surface area contributed by atoms with Crippen molar-refractivity contribution in [1.29, 1.82) is 0 Å². The summed E-state index contributed by atoms with van der Waals surface area (Å²) in [5, 5.41) is 0. The van der Waals surface area contributed by atoms with Gasteiger partial charge in [0, 0.05) is 12.6 Å². The lowest BCUT2D eigenvalue weighted by Crippen LogP contribution is -2.43. The van der Waals surface area contributed by atoms with Crippen LogP contribution in [0.3, 0.4) is 0 Å². The first kappa shape index (κ1) is 15.4. The largest absolute Gasteiger partial charge is 0.443 e. The van der Waals surface area contributed by atoms with E-state index in [9.17, 15) is 4.79 Å². The summed E-state index contributed by atoms with van der Waals surface area (Å²) in [4.78, 5) is 17.6. The summed E-state index contributed by atoms with van der Waals surface area (Å²) in [6.45, 7) is 5.38. The number of guanidine groups is 1. The van der Waals surface area contributed by atoms with Gasteiger partial charge in [-0.05, 0) is 24.3 Å². The molecular formula is C16H23N3O2. The Morgan fingerprint density at radius 1 is 1.43 bits per heavy atom. The molecule has 0 saturated carbocycles. The third-order valence-corrected chi connectivity index (χ3v) is 3.77. The topological polar surface area (TPSA) is 67.9 Å². The number of nitrogens with two attached hydrogens (primary N) is 1. The fourth-order valence-corrected chi connectivity index (χ4v) is 2.68. The van der Waals surface area contributed by atoms with Crippen LogP contribution in [0.1, 0.15) is 32.3 Å². The third-order valence-electron chi connectivity index (χ3n) is 3.77. The molecule has 114 valence electrons. The lowest BCUT2D eigenvalue weighted by atomic mass is 10.0. The highest BCUT2D eigenvalue weighted by atomic mass is 16.5. The second-order valence-corrected chi connectivity index (χ2v) is 5.66. The molecule has 1 saturated heterocycles. The van der Waals surface area contributed by atoms with E-state index < -0.39 is 6.09 Å². The summed E-state index contributed by atoms with van der Waals surface area (Å²) in [7, 11) is 0. The highest BCUT2D eigenvalue weighted by Gasteiger charge is 2.28. The number of carbonyl (C=O) groups is 1. The van der Waals surface area contributed by atoms with Gasteiger partial charge in [-0.25, -0.2) is 4.79 Å². The van der Waals surface area contributed by atoms with E-state index in [1.54, 1.807) is 0 Å². The summed E-state index contributed by atoms with van der Waals surface area (Å²) in [5.41, 5.74) is 6.88. The predicted octanol–water partition coefficient (Wildman–Crippen LogP) is 2.76. The number of rotatable bonds is 3. The molecule has 21 heavy (non-hydrogen) atoms. The van der Waals surface area contributed by atoms with Gasteiger partial charge in [0.15, 0.2) is 0 Å². The molecule has 0 aromatic heterocycles. The van der Waals surface area contributed by atoms with Gasteiger partial charge in [-0.3, -0.25) is 0 Å². The Kier molecular flexibility index (Phi) is 5.20. The monoisotopic (exact) mass is 289 g/mol. The van der Waals surface area contributed by atoms with Crippen LogP contribution in [0.25, 0.3) is 0 Å². The summed E-state index contributed by atoms with van der Waals surface area (Å²) in [5.74, 6) is 0.755. The van der Waals surface area contributed by atoms with E-state index in [-0.39, 0.29) is 12.6 Å². The Morgan fingerprint density at radius 3 is 2.81 bits per heavy atom. The Balaban J connectivity index is 1.90. The van der Waals surface area contributed by atoms with Crippen molar-refractivity contribution in [2.75, 3.05) is 6.54 Å². The molecule has 0 radical (unpaired) electrons. The lowest BCUT2D eigenvalue weighted by molar-refractivity contribution is 0.150. The van der Waals surface area contributed by atoms with Gasteiger partial charge in [0.25, 0.3) is 0 Å². The Hall–Kier alpha value is -2.04. The molecule has 1 aromatic carbocycles. The van der Waals surface area contributed by atoms with E-state index in [2.05, 4.69) is 18.8 Å². The Bertz CT molecular complexity index is 500. The number of hydrogen-bond acceptors (Lipinski definition) is 2. The highest BCUT2D eigenvalue weighted by Crippen LogP contribution is 2.23. The molecule has 0 spiro atoms. The van der Waals surface area contributed by atoms with E-state index in [1.807, 2.05) is 35.2 Å². The van der Waals surface area contributed by atoms with E-state index in [0.717, 1.165) is 24.9 Å². The maximum absolute atomic E-state index is 11.7. The molecule has 1 aliphatic rings.